The monoisotopic (exact) mass is 307 g/mol. The van der Waals surface area contributed by atoms with Crippen LogP contribution >= 0.6 is 0 Å². The van der Waals surface area contributed by atoms with Crippen LogP contribution in [0.4, 0.5) is 5.82 Å². The van der Waals surface area contributed by atoms with Crippen molar-refractivity contribution in [3.8, 4) is 5.69 Å². The minimum absolute atomic E-state index is 0.0309. The van der Waals surface area contributed by atoms with E-state index in [1.165, 1.54) is 5.56 Å². The van der Waals surface area contributed by atoms with Crippen LogP contribution in [0.25, 0.3) is 16.6 Å². The van der Waals surface area contributed by atoms with E-state index in [-0.39, 0.29) is 5.91 Å². The molecule has 0 bridgehead atoms. The highest BCUT2D eigenvalue weighted by Gasteiger charge is 2.22. The highest BCUT2D eigenvalue weighted by molar-refractivity contribution is 5.93. The third-order valence-corrected chi connectivity index (χ3v) is 4.08. The van der Waals surface area contributed by atoms with Crippen molar-refractivity contribution in [3.63, 3.8) is 0 Å². The van der Waals surface area contributed by atoms with Gasteiger partial charge < -0.3 is 10.2 Å². The number of benzene rings is 1. The molecule has 3 aromatic rings. The first-order valence-electron chi connectivity index (χ1n) is 7.64. The largest absolute Gasteiger partial charge is 0.353 e. The number of nitrogens with zero attached hydrogens (tertiary/aromatic N) is 4. The van der Waals surface area contributed by atoms with Gasteiger partial charge in [0, 0.05) is 24.7 Å². The van der Waals surface area contributed by atoms with Crippen molar-refractivity contribution in [2.24, 2.45) is 0 Å². The first kappa shape index (κ1) is 13.8. The van der Waals surface area contributed by atoms with Gasteiger partial charge in [0.2, 0.25) is 5.91 Å². The number of aromatic nitrogens is 3. The minimum Gasteiger partial charge on any atom is -0.353 e. The molecule has 0 atom stereocenters. The maximum atomic E-state index is 11.7. The molecule has 6 nitrogen and oxygen atoms in total. The lowest BCUT2D eigenvalue weighted by molar-refractivity contribution is -0.120. The van der Waals surface area contributed by atoms with Crippen LogP contribution in [0.3, 0.4) is 0 Å². The molecule has 0 saturated carbocycles. The van der Waals surface area contributed by atoms with Gasteiger partial charge in [-0.1, -0.05) is 17.7 Å². The predicted octanol–water partition coefficient (Wildman–Crippen LogP) is 1.67. The molecular weight excluding hydrogens is 290 g/mol. The summed E-state index contributed by atoms with van der Waals surface area (Å²) in [6, 6.07) is 10.2. The molecule has 1 N–H and O–H groups in total. The van der Waals surface area contributed by atoms with Gasteiger partial charge in [-0.15, -0.1) is 5.10 Å². The van der Waals surface area contributed by atoms with E-state index >= 15 is 0 Å². The molecule has 6 heteroatoms. The Hall–Kier alpha value is -2.89. The Morgan fingerprint density at radius 3 is 2.78 bits per heavy atom. The molecule has 4 rings (SSSR count). The number of anilines is 1. The fourth-order valence-electron chi connectivity index (χ4n) is 2.88. The normalized spacial score (nSPS) is 15.0. The van der Waals surface area contributed by atoms with Crippen LogP contribution in [-0.4, -0.2) is 40.3 Å². The van der Waals surface area contributed by atoms with Crippen molar-refractivity contribution < 1.29 is 4.79 Å². The highest BCUT2D eigenvalue weighted by Crippen LogP contribution is 2.28. The van der Waals surface area contributed by atoms with Crippen LogP contribution in [-0.2, 0) is 4.79 Å². The number of aryl methyl sites for hydroxylation is 1. The second-order valence-corrected chi connectivity index (χ2v) is 5.74. The third-order valence-electron chi connectivity index (χ3n) is 4.08. The molecule has 0 spiro atoms. The van der Waals surface area contributed by atoms with E-state index in [0.717, 1.165) is 29.0 Å². The molecule has 1 aromatic carbocycles. The smallest absolute Gasteiger partial charge is 0.239 e. The zero-order chi connectivity index (χ0) is 15.8. The fraction of sp³-hybridized carbons (Fsp3) is 0.235. The van der Waals surface area contributed by atoms with E-state index in [1.807, 2.05) is 34.0 Å². The number of hydrogen-bond donors (Lipinski definition) is 1. The molecular formula is C17H17N5O. The van der Waals surface area contributed by atoms with E-state index in [2.05, 4.69) is 29.4 Å². The first-order valence-corrected chi connectivity index (χ1v) is 7.64. The number of rotatable bonds is 2. The summed E-state index contributed by atoms with van der Waals surface area (Å²) < 4.78 is 1.89. The lowest BCUT2D eigenvalue weighted by Crippen LogP contribution is -2.47. The van der Waals surface area contributed by atoms with Gasteiger partial charge in [-0.2, -0.15) is 0 Å². The van der Waals surface area contributed by atoms with Crippen molar-refractivity contribution in [2.75, 3.05) is 24.5 Å². The summed E-state index contributed by atoms with van der Waals surface area (Å²) >= 11 is 0. The molecule has 2 aromatic heterocycles. The van der Waals surface area contributed by atoms with Crippen molar-refractivity contribution >= 4 is 22.6 Å². The molecule has 1 fully saturated rings. The molecule has 1 aliphatic heterocycles. The van der Waals surface area contributed by atoms with E-state index in [0.29, 0.717) is 13.1 Å². The lowest BCUT2D eigenvalue weighted by atomic mass is 10.2. The third kappa shape index (κ3) is 2.42. The van der Waals surface area contributed by atoms with Crippen LogP contribution in [0.15, 0.2) is 42.7 Å². The number of carbonyl (C=O) groups is 1. The van der Waals surface area contributed by atoms with Crippen LogP contribution in [0.2, 0.25) is 0 Å². The number of hydrogen-bond acceptors (Lipinski definition) is 4. The van der Waals surface area contributed by atoms with Gasteiger partial charge in [0.15, 0.2) is 5.82 Å². The van der Waals surface area contributed by atoms with Gasteiger partial charge in [-0.05, 0) is 25.1 Å². The number of nitrogens with one attached hydrogen (secondary N) is 1. The molecule has 1 amide bonds. The van der Waals surface area contributed by atoms with Gasteiger partial charge in [0.05, 0.1) is 23.9 Å². The van der Waals surface area contributed by atoms with Crippen molar-refractivity contribution in [1.82, 2.24) is 20.1 Å². The molecule has 0 aliphatic carbocycles. The Labute approximate surface area is 133 Å². The second kappa shape index (κ2) is 5.39. The van der Waals surface area contributed by atoms with Crippen LogP contribution in [0.1, 0.15) is 5.56 Å². The van der Waals surface area contributed by atoms with Gasteiger partial charge >= 0.3 is 0 Å². The van der Waals surface area contributed by atoms with Crippen LogP contribution in [0.5, 0.6) is 0 Å². The number of carbonyl (C=O) groups excluding carboxylic acids is 1. The Bertz CT molecular complexity index is 868. The molecule has 1 aliphatic rings. The van der Waals surface area contributed by atoms with Crippen molar-refractivity contribution in [3.05, 3.63) is 48.3 Å². The predicted molar refractivity (Wildman–Crippen MR) is 88.8 cm³/mol. The van der Waals surface area contributed by atoms with E-state index in [4.69, 9.17) is 5.10 Å². The van der Waals surface area contributed by atoms with E-state index in [1.54, 1.807) is 6.20 Å². The number of fused-ring (bicyclic) bond motifs is 1. The zero-order valence-electron chi connectivity index (χ0n) is 12.9. The summed E-state index contributed by atoms with van der Waals surface area (Å²) in [6.07, 6.45) is 3.58. The van der Waals surface area contributed by atoms with Gasteiger partial charge in [-0.25, -0.2) is 4.68 Å². The summed E-state index contributed by atoms with van der Waals surface area (Å²) in [5.41, 5.74) is 3.13. The summed E-state index contributed by atoms with van der Waals surface area (Å²) in [6.45, 7) is 3.80. The summed E-state index contributed by atoms with van der Waals surface area (Å²) in [5, 5.41) is 8.63. The maximum Gasteiger partial charge on any atom is 0.239 e. The maximum absolute atomic E-state index is 11.7. The van der Waals surface area contributed by atoms with Gasteiger partial charge in [-0.3, -0.25) is 9.78 Å². The van der Waals surface area contributed by atoms with Crippen LogP contribution < -0.4 is 10.2 Å². The standard InChI is InChI=1S/C17H17N5O/c1-12-2-4-13(5-3-12)22-15-10-18-7-6-14(15)17(20-22)21-9-8-19-16(23)11-21/h2-7,10H,8-9,11H2,1H3,(H,19,23). The summed E-state index contributed by atoms with van der Waals surface area (Å²) in [7, 11) is 0. The van der Waals surface area contributed by atoms with Crippen molar-refractivity contribution in [1.29, 1.82) is 0 Å². The molecule has 0 unspecified atom stereocenters. The van der Waals surface area contributed by atoms with Gasteiger partial charge in [0.1, 0.15) is 0 Å². The van der Waals surface area contributed by atoms with Crippen molar-refractivity contribution in [2.45, 2.75) is 6.92 Å². The average molecular weight is 307 g/mol. The summed E-state index contributed by atoms with van der Waals surface area (Å²) in [4.78, 5) is 17.9. The summed E-state index contributed by atoms with van der Waals surface area (Å²) in [5.74, 6) is 0.862. The lowest BCUT2D eigenvalue weighted by Gasteiger charge is -2.26. The average Bonchev–Trinajstić information content (AvgIpc) is 2.95. The number of piperazine rings is 1. The Balaban J connectivity index is 1.86. The highest BCUT2D eigenvalue weighted by atomic mass is 16.2. The topological polar surface area (TPSA) is 63.1 Å². The zero-order valence-corrected chi connectivity index (χ0v) is 12.9. The van der Waals surface area contributed by atoms with Crippen LogP contribution in [0, 0.1) is 6.92 Å². The Morgan fingerprint density at radius 1 is 1.17 bits per heavy atom. The first-order chi connectivity index (χ1) is 11.2. The fourth-order valence-corrected chi connectivity index (χ4v) is 2.88. The second-order valence-electron chi connectivity index (χ2n) is 5.74. The molecule has 1 saturated heterocycles. The molecule has 116 valence electrons. The minimum atomic E-state index is 0.0309. The van der Waals surface area contributed by atoms with E-state index < -0.39 is 0 Å². The molecule has 3 heterocycles. The van der Waals surface area contributed by atoms with E-state index in [9.17, 15) is 4.79 Å². The molecule has 0 radical (unpaired) electrons. The van der Waals surface area contributed by atoms with Gasteiger partial charge in [0.25, 0.3) is 0 Å². The SMILES string of the molecule is Cc1ccc(-n2nc(N3CCNC(=O)C3)c3ccncc32)cc1. The molecule has 23 heavy (non-hydrogen) atoms. The number of amides is 1. The number of pyridine rings is 1. The Kier molecular flexibility index (Phi) is 3.22. The Morgan fingerprint density at radius 2 is 2.00 bits per heavy atom. The quantitative estimate of drug-likeness (QED) is 0.782.